The molecule has 140 valence electrons. The van der Waals surface area contributed by atoms with Gasteiger partial charge in [-0.3, -0.25) is 14.9 Å². The Morgan fingerprint density at radius 1 is 1.35 bits per heavy atom. The standard InChI is InChI=1S/C17H23N5O4/c1-3-4-10-26-11-6-9-18-17(23)16-13(2)21(20-19-16)14-7-5-8-15(12-14)22(24)25/h5,7-8,12H,3-4,6,9-11H2,1-2H3,(H,18,23). The molecule has 0 bridgehead atoms. The summed E-state index contributed by atoms with van der Waals surface area (Å²) in [5.74, 6) is -0.326. The van der Waals surface area contributed by atoms with Crippen molar-refractivity contribution < 1.29 is 14.5 Å². The Kier molecular flexibility index (Phi) is 7.22. The van der Waals surface area contributed by atoms with Crippen LogP contribution in [0, 0.1) is 17.0 Å². The van der Waals surface area contributed by atoms with Crippen LogP contribution in [0.2, 0.25) is 0 Å². The third-order valence-corrected chi connectivity index (χ3v) is 3.79. The number of carbonyl (C=O) groups is 1. The van der Waals surface area contributed by atoms with Crippen LogP contribution in [0.15, 0.2) is 24.3 Å². The molecular weight excluding hydrogens is 338 g/mol. The predicted molar refractivity (Wildman–Crippen MR) is 95.4 cm³/mol. The zero-order valence-electron chi connectivity index (χ0n) is 15.0. The predicted octanol–water partition coefficient (Wildman–Crippen LogP) is 2.42. The van der Waals surface area contributed by atoms with Crippen LogP contribution in [0.4, 0.5) is 5.69 Å². The lowest BCUT2D eigenvalue weighted by Gasteiger charge is -2.06. The number of hydrogen-bond acceptors (Lipinski definition) is 6. The molecule has 9 nitrogen and oxygen atoms in total. The second-order valence-corrected chi connectivity index (χ2v) is 5.79. The van der Waals surface area contributed by atoms with Gasteiger partial charge in [-0.15, -0.1) is 5.10 Å². The van der Waals surface area contributed by atoms with Gasteiger partial charge in [0.05, 0.1) is 16.3 Å². The van der Waals surface area contributed by atoms with Gasteiger partial charge in [0.1, 0.15) is 0 Å². The molecule has 0 unspecified atom stereocenters. The number of ether oxygens (including phenoxy) is 1. The highest BCUT2D eigenvalue weighted by Gasteiger charge is 2.18. The highest BCUT2D eigenvalue weighted by molar-refractivity contribution is 5.93. The van der Waals surface area contributed by atoms with E-state index in [1.807, 2.05) is 0 Å². The second-order valence-electron chi connectivity index (χ2n) is 5.79. The van der Waals surface area contributed by atoms with Gasteiger partial charge >= 0.3 is 0 Å². The molecule has 1 aromatic heterocycles. The zero-order valence-corrected chi connectivity index (χ0v) is 15.0. The summed E-state index contributed by atoms with van der Waals surface area (Å²) in [4.78, 5) is 22.7. The lowest BCUT2D eigenvalue weighted by atomic mass is 10.2. The van der Waals surface area contributed by atoms with Crippen LogP contribution in [0.25, 0.3) is 5.69 Å². The Bertz CT molecular complexity index is 759. The van der Waals surface area contributed by atoms with Gasteiger partial charge in [0.15, 0.2) is 5.69 Å². The zero-order chi connectivity index (χ0) is 18.9. The Labute approximate surface area is 151 Å². The van der Waals surface area contributed by atoms with E-state index >= 15 is 0 Å². The Morgan fingerprint density at radius 2 is 2.12 bits per heavy atom. The SMILES string of the molecule is CCCCOCCCNC(=O)c1nnn(-c2cccc([N+](=O)[O-])c2)c1C. The van der Waals surface area contributed by atoms with E-state index < -0.39 is 4.92 Å². The van der Waals surface area contributed by atoms with Crippen LogP contribution >= 0.6 is 0 Å². The molecule has 26 heavy (non-hydrogen) atoms. The molecule has 2 rings (SSSR count). The number of unbranched alkanes of at least 4 members (excludes halogenated alkanes) is 1. The van der Waals surface area contributed by atoms with E-state index in [1.54, 1.807) is 19.1 Å². The van der Waals surface area contributed by atoms with Crippen LogP contribution in [-0.2, 0) is 4.74 Å². The number of nitrogens with one attached hydrogen (secondary N) is 1. The molecule has 0 atom stereocenters. The van der Waals surface area contributed by atoms with Gasteiger partial charge in [0.2, 0.25) is 0 Å². The molecule has 1 N–H and O–H groups in total. The second kappa shape index (κ2) is 9.62. The van der Waals surface area contributed by atoms with E-state index in [9.17, 15) is 14.9 Å². The quantitative estimate of drug-likeness (QED) is 0.395. The van der Waals surface area contributed by atoms with Gasteiger partial charge in [0.25, 0.3) is 11.6 Å². The first-order chi connectivity index (χ1) is 12.5. The molecule has 1 amide bonds. The van der Waals surface area contributed by atoms with Gasteiger partial charge in [-0.2, -0.15) is 0 Å². The summed E-state index contributed by atoms with van der Waals surface area (Å²) in [5, 5.41) is 21.5. The number of aromatic nitrogens is 3. The first-order valence-corrected chi connectivity index (χ1v) is 8.57. The summed E-state index contributed by atoms with van der Waals surface area (Å²) in [7, 11) is 0. The molecule has 2 aromatic rings. The first-order valence-electron chi connectivity index (χ1n) is 8.57. The van der Waals surface area contributed by atoms with E-state index in [2.05, 4.69) is 22.6 Å². The molecule has 1 heterocycles. The van der Waals surface area contributed by atoms with Crippen molar-refractivity contribution in [3.63, 3.8) is 0 Å². The van der Waals surface area contributed by atoms with Crippen molar-refractivity contribution in [3.8, 4) is 5.69 Å². The van der Waals surface area contributed by atoms with Gasteiger partial charge < -0.3 is 10.1 Å². The van der Waals surface area contributed by atoms with Crippen LogP contribution < -0.4 is 5.32 Å². The average molecular weight is 361 g/mol. The summed E-state index contributed by atoms with van der Waals surface area (Å²) >= 11 is 0. The van der Waals surface area contributed by atoms with Crippen molar-refractivity contribution in [2.75, 3.05) is 19.8 Å². The van der Waals surface area contributed by atoms with E-state index in [-0.39, 0.29) is 17.3 Å². The highest BCUT2D eigenvalue weighted by Crippen LogP contribution is 2.18. The fraction of sp³-hybridized carbons (Fsp3) is 0.471. The van der Waals surface area contributed by atoms with E-state index in [0.717, 1.165) is 19.4 Å². The number of benzene rings is 1. The maximum atomic E-state index is 12.2. The minimum atomic E-state index is -0.480. The lowest BCUT2D eigenvalue weighted by molar-refractivity contribution is -0.384. The monoisotopic (exact) mass is 361 g/mol. The average Bonchev–Trinajstić information content (AvgIpc) is 3.02. The maximum Gasteiger partial charge on any atom is 0.273 e. The molecule has 0 aliphatic carbocycles. The Hall–Kier alpha value is -2.81. The summed E-state index contributed by atoms with van der Waals surface area (Å²) in [6.45, 7) is 5.61. The number of nitro benzene ring substituents is 1. The number of nitro groups is 1. The van der Waals surface area contributed by atoms with Crippen LogP contribution in [0.1, 0.15) is 42.4 Å². The van der Waals surface area contributed by atoms with E-state index in [1.165, 1.54) is 16.8 Å². The molecule has 0 spiro atoms. The largest absolute Gasteiger partial charge is 0.381 e. The summed E-state index contributed by atoms with van der Waals surface area (Å²) in [6.07, 6.45) is 2.84. The smallest absolute Gasteiger partial charge is 0.273 e. The minimum Gasteiger partial charge on any atom is -0.381 e. The third-order valence-electron chi connectivity index (χ3n) is 3.79. The maximum absolute atomic E-state index is 12.2. The molecule has 0 aliphatic heterocycles. The molecule has 9 heteroatoms. The van der Waals surface area contributed by atoms with E-state index in [0.29, 0.717) is 31.0 Å². The number of nitrogens with zero attached hydrogens (tertiary/aromatic N) is 4. The molecule has 0 fully saturated rings. The minimum absolute atomic E-state index is 0.0496. The van der Waals surface area contributed by atoms with Crippen molar-refractivity contribution in [2.24, 2.45) is 0 Å². The van der Waals surface area contributed by atoms with Gasteiger partial charge in [0, 0.05) is 31.9 Å². The molecule has 0 radical (unpaired) electrons. The summed E-state index contributed by atoms with van der Waals surface area (Å²) in [5.41, 5.74) is 1.14. The van der Waals surface area contributed by atoms with Gasteiger partial charge in [-0.1, -0.05) is 24.6 Å². The van der Waals surface area contributed by atoms with Crippen LogP contribution in [0.5, 0.6) is 0 Å². The number of non-ortho nitro benzene ring substituents is 1. The van der Waals surface area contributed by atoms with Crippen molar-refractivity contribution in [3.05, 3.63) is 45.8 Å². The first kappa shape index (κ1) is 19.5. The Balaban J connectivity index is 1.94. The Morgan fingerprint density at radius 3 is 2.85 bits per heavy atom. The van der Waals surface area contributed by atoms with E-state index in [4.69, 9.17) is 4.74 Å². The van der Waals surface area contributed by atoms with Crippen molar-refractivity contribution in [1.82, 2.24) is 20.3 Å². The fourth-order valence-electron chi connectivity index (χ4n) is 2.33. The molecule has 0 saturated carbocycles. The number of carbonyl (C=O) groups excluding carboxylic acids is 1. The lowest BCUT2D eigenvalue weighted by Crippen LogP contribution is -2.26. The third kappa shape index (κ3) is 5.09. The van der Waals surface area contributed by atoms with Gasteiger partial charge in [-0.25, -0.2) is 4.68 Å². The van der Waals surface area contributed by atoms with Crippen LogP contribution in [0.3, 0.4) is 0 Å². The molecule has 0 aliphatic rings. The molecule has 0 saturated heterocycles. The fourth-order valence-corrected chi connectivity index (χ4v) is 2.33. The molecule has 1 aromatic carbocycles. The van der Waals surface area contributed by atoms with Gasteiger partial charge in [-0.05, 0) is 25.8 Å². The number of hydrogen-bond donors (Lipinski definition) is 1. The summed E-state index contributed by atoms with van der Waals surface area (Å²) in [6, 6.07) is 6.01. The van der Waals surface area contributed by atoms with Crippen molar-refractivity contribution >= 4 is 11.6 Å². The van der Waals surface area contributed by atoms with Crippen molar-refractivity contribution in [1.29, 1.82) is 0 Å². The topological polar surface area (TPSA) is 112 Å². The molecular formula is C17H23N5O4. The van der Waals surface area contributed by atoms with Crippen LogP contribution in [-0.4, -0.2) is 45.6 Å². The normalized spacial score (nSPS) is 10.7. The number of amides is 1. The summed E-state index contributed by atoms with van der Waals surface area (Å²) < 4.78 is 6.85. The highest BCUT2D eigenvalue weighted by atomic mass is 16.6. The number of rotatable bonds is 10. The van der Waals surface area contributed by atoms with Crippen molar-refractivity contribution in [2.45, 2.75) is 33.1 Å².